The van der Waals surface area contributed by atoms with Gasteiger partial charge in [0.2, 0.25) is 5.91 Å². The Morgan fingerprint density at radius 3 is 2.76 bits per heavy atom. The van der Waals surface area contributed by atoms with Crippen molar-refractivity contribution in [3.8, 4) is 5.75 Å². The van der Waals surface area contributed by atoms with Crippen molar-refractivity contribution in [1.29, 1.82) is 0 Å². The largest absolute Gasteiger partial charge is 0.491 e. The Morgan fingerprint density at radius 2 is 2.08 bits per heavy atom. The topological polar surface area (TPSA) is 41.6 Å². The van der Waals surface area contributed by atoms with Crippen LogP contribution in [0.25, 0.3) is 0 Å². The molecule has 25 heavy (non-hydrogen) atoms. The van der Waals surface area contributed by atoms with E-state index < -0.39 is 0 Å². The van der Waals surface area contributed by atoms with Gasteiger partial charge >= 0.3 is 0 Å². The Kier molecular flexibility index (Phi) is 5.67. The lowest BCUT2D eigenvalue weighted by atomic mass is 9.96. The quantitative estimate of drug-likeness (QED) is 0.851. The summed E-state index contributed by atoms with van der Waals surface area (Å²) in [6.07, 6.45) is 5.37. The molecule has 0 spiro atoms. The fourth-order valence-electron chi connectivity index (χ4n) is 4.40. The molecule has 1 aromatic carbocycles. The van der Waals surface area contributed by atoms with E-state index in [0.29, 0.717) is 19.1 Å². The summed E-state index contributed by atoms with van der Waals surface area (Å²) in [5, 5.41) is 2.97. The molecule has 1 N–H and O–H groups in total. The van der Waals surface area contributed by atoms with Gasteiger partial charge in [-0.15, -0.1) is 0 Å². The number of hydrogen-bond donors (Lipinski definition) is 1. The van der Waals surface area contributed by atoms with Crippen molar-refractivity contribution in [2.24, 2.45) is 0 Å². The second-order valence-electron chi connectivity index (χ2n) is 7.64. The molecule has 4 heteroatoms. The van der Waals surface area contributed by atoms with Crippen LogP contribution in [0.3, 0.4) is 0 Å². The Labute approximate surface area is 151 Å². The zero-order valence-electron chi connectivity index (χ0n) is 16.1. The number of nitrogens with zero attached hydrogens (tertiary/aromatic N) is 1. The summed E-state index contributed by atoms with van der Waals surface area (Å²) in [6, 6.07) is 5.68. The maximum absolute atomic E-state index is 11.3. The molecule has 0 aliphatic carbocycles. The van der Waals surface area contributed by atoms with Crippen LogP contribution in [-0.4, -0.2) is 36.0 Å². The Hall–Kier alpha value is -1.55. The number of rotatable bonds is 6. The minimum absolute atomic E-state index is 0.141. The van der Waals surface area contributed by atoms with Crippen LogP contribution in [0.15, 0.2) is 12.1 Å². The first-order valence-electron chi connectivity index (χ1n) is 9.79. The molecule has 0 radical (unpaired) electrons. The van der Waals surface area contributed by atoms with Crippen LogP contribution < -0.4 is 10.1 Å². The molecule has 138 valence electrons. The molecular formula is C21H32N2O2. The van der Waals surface area contributed by atoms with E-state index in [1.165, 1.54) is 42.5 Å². The molecule has 2 heterocycles. The fraction of sp³-hybridized carbons (Fsp3) is 0.667. The molecule has 3 atom stereocenters. The van der Waals surface area contributed by atoms with Crippen LogP contribution in [0.2, 0.25) is 0 Å². The zero-order chi connectivity index (χ0) is 18.0. The number of nitrogens with one attached hydrogen (secondary N) is 1. The van der Waals surface area contributed by atoms with E-state index >= 15 is 0 Å². The standard InChI is InChI=1S/C21H32N2O2/c1-5-18-7-6-12-23(18)16(4)19-9-10-20(15(3)14(19)2)25-13-17-8-11-21(24)22-17/h9-10,16-18H,5-8,11-13H2,1-4H3,(H,22,24)/t16?,17-,18?/m1/s1. The first-order valence-corrected chi connectivity index (χ1v) is 9.79. The van der Waals surface area contributed by atoms with Crippen LogP contribution in [-0.2, 0) is 4.79 Å². The molecule has 2 aliphatic heterocycles. The highest BCUT2D eigenvalue weighted by Crippen LogP contribution is 2.35. The number of amides is 1. The number of carbonyl (C=O) groups is 1. The van der Waals surface area contributed by atoms with Crippen molar-refractivity contribution in [1.82, 2.24) is 10.2 Å². The van der Waals surface area contributed by atoms with Crippen molar-refractivity contribution >= 4 is 5.91 Å². The number of hydrogen-bond acceptors (Lipinski definition) is 3. The molecule has 2 saturated heterocycles. The minimum Gasteiger partial charge on any atom is -0.491 e. The summed E-state index contributed by atoms with van der Waals surface area (Å²) in [6.45, 7) is 10.8. The van der Waals surface area contributed by atoms with Crippen molar-refractivity contribution in [2.75, 3.05) is 13.2 Å². The Bertz CT molecular complexity index is 629. The van der Waals surface area contributed by atoms with E-state index in [9.17, 15) is 4.79 Å². The first kappa shape index (κ1) is 18.2. The number of likely N-dealkylation sites (tertiary alicyclic amines) is 1. The van der Waals surface area contributed by atoms with Gasteiger partial charge in [0.1, 0.15) is 12.4 Å². The van der Waals surface area contributed by atoms with E-state index in [1.54, 1.807) is 0 Å². The van der Waals surface area contributed by atoms with Crippen LogP contribution >= 0.6 is 0 Å². The number of carbonyl (C=O) groups excluding carboxylic acids is 1. The van der Waals surface area contributed by atoms with E-state index in [-0.39, 0.29) is 11.9 Å². The van der Waals surface area contributed by atoms with Gasteiger partial charge in [0.05, 0.1) is 6.04 Å². The van der Waals surface area contributed by atoms with Gasteiger partial charge in [-0.25, -0.2) is 0 Å². The van der Waals surface area contributed by atoms with Gasteiger partial charge < -0.3 is 10.1 Å². The first-order chi connectivity index (χ1) is 12.0. The molecule has 3 rings (SSSR count). The third kappa shape index (κ3) is 3.84. The summed E-state index contributed by atoms with van der Waals surface area (Å²) in [5.74, 6) is 1.09. The summed E-state index contributed by atoms with van der Waals surface area (Å²) in [7, 11) is 0. The average molecular weight is 344 g/mol. The van der Waals surface area contributed by atoms with Crippen LogP contribution in [0.4, 0.5) is 0 Å². The number of benzene rings is 1. The molecule has 1 amide bonds. The molecule has 4 nitrogen and oxygen atoms in total. The monoisotopic (exact) mass is 344 g/mol. The fourth-order valence-corrected chi connectivity index (χ4v) is 4.40. The van der Waals surface area contributed by atoms with Gasteiger partial charge in [-0.1, -0.05) is 13.0 Å². The molecule has 2 fully saturated rings. The van der Waals surface area contributed by atoms with Crippen molar-refractivity contribution in [3.63, 3.8) is 0 Å². The molecule has 0 aromatic heterocycles. The van der Waals surface area contributed by atoms with Crippen LogP contribution in [0.1, 0.15) is 68.7 Å². The summed E-state index contributed by atoms with van der Waals surface area (Å²) < 4.78 is 6.02. The average Bonchev–Trinajstić information content (AvgIpc) is 3.24. The van der Waals surface area contributed by atoms with E-state index in [0.717, 1.165) is 18.2 Å². The molecular weight excluding hydrogens is 312 g/mol. The van der Waals surface area contributed by atoms with Gasteiger partial charge in [0.15, 0.2) is 0 Å². The van der Waals surface area contributed by atoms with E-state index in [2.05, 4.69) is 50.0 Å². The molecule has 0 bridgehead atoms. The van der Waals surface area contributed by atoms with Crippen LogP contribution in [0.5, 0.6) is 5.75 Å². The van der Waals surface area contributed by atoms with Gasteiger partial charge in [0, 0.05) is 18.5 Å². The second-order valence-corrected chi connectivity index (χ2v) is 7.64. The van der Waals surface area contributed by atoms with E-state index in [1.807, 2.05) is 0 Å². The molecule has 2 unspecified atom stereocenters. The maximum atomic E-state index is 11.3. The third-order valence-electron chi connectivity index (χ3n) is 6.15. The highest BCUT2D eigenvalue weighted by Gasteiger charge is 2.29. The third-order valence-corrected chi connectivity index (χ3v) is 6.15. The summed E-state index contributed by atoms with van der Waals surface area (Å²) >= 11 is 0. The normalized spacial score (nSPS) is 25.2. The molecule has 2 aliphatic rings. The zero-order valence-corrected chi connectivity index (χ0v) is 16.1. The van der Waals surface area contributed by atoms with Crippen molar-refractivity contribution < 1.29 is 9.53 Å². The lowest BCUT2D eigenvalue weighted by Crippen LogP contribution is -2.32. The van der Waals surface area contributed by atoms with Gasteiger partial charge in [-0.05, 0) is 75.8 Å². The van der Waals surface area contributed by atoms with Crippen LogP contribution in [0, 0.1) is 13.8 Å². The predicted octanol–water partition coefficient (Wildman–Crippen LogP) is 3.90. The summed E-state index contributed by atoms with van der Waals surface area (Å²) in [5.41, 5.74) is 3.97. The lowest BCUT2D eigenvalue weighted by Gasteiger charge is -2.32. The smallest absolute Gasteiger partial charge is 0.220 e. The minimum atomic E-state index is 0.141. The highest BCUT2D eigenvalue weighted by molar-refractivity contribution is 5.78. The molecule has 0 saturated carbocycles. The van der Waals surface area contributed by atoms with Gasteiger partial charge in [-0.3, -0.25) is 9.69 Å². The van der Waals surface area contributed by atoms with Gasteiger partial charge in [0.25, 0.3) is 0 Å². The summed E-state index contributed by atoms with van der Waals surface area (Å²) in [4.78, 5) is 14.0. The van der Waals surface area contributed by atoms with Gasteiger partial charge in [-0.2, -0.15) is 0 Å². The Morgan fingerprint density at radius 1 is 1.28 bits per heavy atom. The van der Waals surface area contributed by atoms with E-state index in [4.69, 9.17) is 4.74 Å². The SMILES string of the molecule is CCC1CCCN1C(C)c1ccc(OC[C@H]2CCC(=O)N2)c(C)c1C. The Balaban J connectivity index is 1.70. The van der Waals surface area contributed by atoms with Crippen molar-refractivity contribution in [3.05, 3.63) is 28.8 Å². The lowest BCUT2D eigenvalue weighted by molar-refractivity contribution is -0.119. The number of ether oxygens (including phenoxy) is 1. The molecule has 1 aromatic rings. The predicted molar refractivity (Wildman–Crippen MR) is 101 cm³/mol. The second kappa shape index (κ2) is 7.77. The van der Waals surface area contributed by atoms with Crippen molar-refractivity contribution in [2.45, 2.75) is 77.9 Å². The maximum Gasteiger partial charge on any atom is 0.220 e. The highest BCUT2D eigenvalue weighted by atomic mass is 16.5.